The van der Waals surface area contributed by atoms with Gasteiger partial charge in [0.2, 0.25) is 0 Å². The summed E-state index contributed by atoms with van der Waals surface area (Å²) in [4.78, 5) is 33.8. The summed E-state index contributed by atoms with van der Waals surface area (Å²) in [6, 6.07) is 9.57. The van der Waals surface area contributed by atoms with Crippen LogP contribution in [0.25, 0.3) is 0 Å². The third-order valence-electron chi connectivity index (χ3n) is 5.39. The molecule has 1 aliphatic heterocycles. The van der Waals surface area contributed by atoms with Crippen molar-refractivity contribution in [1.82, 2.24) is 0 Å². The number of anilines is 1. The zero-order valence-corrected chi connectivity index (χ0v) is 16.5. The van der Waals surface area contributed by atoms with Crippen LogP contribution in [0.4, 0.5) is 11.4 Å². The van der Waals surface area contributed by atoms with Gasteiger partial charge in [-0.25, -0.2) is 0 Å². The Kier molecular flexibility index (Phi) is 4.99. The number of carbonyl (C=O) groups is 2. The molecular weight excluding hydrogens is 388 g/mol. The summed E-state index contributed by atoms with van der Waals surface area (Å²) in [7, 11) is 0. The first-order chi connectivity index (χ1) is 14.3. The Hall–Kier alpha value is -3.68. The van der Waals surface area contributed by atoms with Crippen LogP contribution in [0.5, 0.6) is 11.5 Å². The van der Waals surface area contributed by atoms with Crippen LogP contribution in [-0.4, -0.2) is 16.9 Å². The lowest BCUT2D eigenvalue weighted by atomic mass is 9.76. The molecule has 0 radical (unpaired) electrons. The summed E-state index contributed by atoms with van der Waals surface area (Å²) in [6.07, 6.45) is 4.91. The Bertz CT molecular complexity index is 1080. The van der Waals surface area contributed by atoms with Gasteiger partial charge in [-0.05, 0) is 36.1 Å². The minimum Gasteiger partial charge on any atom is -0.427 e. The molecule has 1 N–H and O–H groups in total. The highest BCUT2D eigenvalue weighted by molar-refractivity contribution is 5.72. The highest BCUT2D eigenvalue weighted by atomic mass is 16.6. The van der Waals surface area contributed by atoms with Crippen molar-refractivity contribution in [1.29, 1.82) is 0 Å². The second kappa shape index (κ2) is 7.62. The van der Waals surface area contributed by atoms with Crippen LogP contribution < -0.4 is 14.8 Å². The van der Waals surface area contributed by atoms with Crippen LogP contribution in [0.2, 0.25) is 0 Å². The molecule has 0 spiro atoms. The van der Waals surface area contributed by atoms with E-state index in [-0.39, 0.29) is 29.3 Å². The van der Waals surface area contributed by atoms with E-state index in [1.807, 2.05) is 0 Å². The molecule has 2 aromatic rings. The summed E-state index contributed by atoms with van der Waals surface area (Å²) >= 11 is 0. The number of carbonyl (C=O) groups excluding carboxylic acids is 2. The highest BCUT2D eigenvalue weighted by Crippen LogP contribution is 2.52. The van der Waals surface area contributed by atoms with E-state index in [1.54, 1.807) is 24.3 Å². The summed E-state index contributed by atoms with van der Waals surface area (Å²) < 4.78 is 10.6. The van der Waals surface area contributed by atoms with Crippen LogP contribution >= 0.6 is 0 Å². The maximum Gasteiger partial charge on any atom is 0.308 e. The second-order valence-corrected chi connectivity index (χ2v) is 7.39. The van der Waals surface area contributed by atoms with Crippen molar-refractivity contribution >= 4 is 23.3 Å². The second-order valence-electron chi connectivity index (χ2n) is 7.39. The number of benzene rings is 2. The quantitative estimate of drug-likeness (QED) is 0.265. The predicted molar refractivity (Wildman–Crippen MR) is 109 cm³/mol. The highest BCUT2D eigenvalue weighted by Gasteiger charge is 2.40. The molecule has 2 aromatic carbocycles. The van der Waals surface area contributed by atoms with E-state index < -0.39 is 16.9 Å². The van der Waals surface area contributed by atoms with E-state index in [9.17, 15) is 19.7 Å². The Labute approximate surface area is 172 Å². The topological polar surface area (TPSA) is 108 Å². The van der Waals surface area contributed by atoms with E-state index in [0.717, 1.165) is 23.2 Å². The monoisotopic (exact) mass is 408 g/mol. The van der Waals surface area contributed by atoms with Crippen LogP contribution in [0.3, 0.4) is 0 Å². The Morgan fingerprint density at radius 3 is 2.53 bits per heavy atom. The number of hydrogen-bond donors (Lipinski definition) is 1. The van der Waals surface area contributed by atoms with Crippen molar-refractivity contribution < 1.29 is 24.0 Å². The molecule has 0 saturated heterocycles. The number of rotatable bonds is 4. The number of allylic oxidation sites excluding steroid dienone is 2. The molecule has 8 nitrogen and oxygen atoms in total. The molecular formula is C22H20N2O6. The molecule has 0 saturated carbocycles. The molecule has 0 unspecified atom stereocenters. The number of non-ortho nitro benzene ring substituents is 1. The third-order valence-corrected chi connectivity index (χ3v) is 5.39. The van der Waals surface area contributed by atoms with Gasteiger partial charge in [0.15, 0.2) is 0 Å². The number of nitro benzene ring substituents is 1. The zero-order chi connectivity index (χ0) is 21.4. The van der Waals surface area contributed by atoms with Crippen molar-refractivity contribution in [3.05, 3.63) is 69.8 Å². The zero-order valence-electron chi connectivity index (χ0n) is 16.5. The van der Waals surface area contributed by atoms with Gasteiger partial charge < -0.3 is 14.8 Å². The number of nitrogens with zero attached hydrogens (tertiary/aromatic N) is 1. The molecule has 1 aliphatic carbocycles. The van der Waals surface area contributed by atoms with Crippen molar-refractivity contribution in [2.24, 2.45) is 5.92 Å². The first-order valence-electron chi connectivity index (χ1n) is 9.56. The van der Waals surface area contributed by atoms with Gasteiger partial charge in [0, 0.05) is 49.2 Å². The largest absolute Gasteiger partial charge is 0.427 e. The molecule has 154 valence electrons. The van der Waals surface area contributed by atoms with Crippen molar-refractivity contribution in [2.75, 3.05) is 5.32 Å². The number of nitro groups is 1. The fourth-order valence-corrected chi connectivity index (χ4v) is 4.25. The standard InChI is InChI=1S/C22H20N2O6/c1-12(25)29-15-7-8-18(21(11-15)30-13(2)26)22-17-5-3-4-16(17)19-10-14(24(27)28)6-9-20(19)23-22/h3-4,6-11,16-17,22-23H,5H2,1-2H3/t16-,17-,22+/m1/s1. The fourth-order valence-electron chi connectivity index (χ4n) is 4.25. The lowest BCUT2D eigenvalue weighted by Crippen LogP contribution is -2.29. The van der Waals surface area contributed by atoms with Crippen LogP contribution in [0.1, 0.15) is 43.4 Å². The number of ether oxygens (including phenoxy) is 2. The van der Waals surface area contributed by atoms with E-state index in [2.05, 4.69) is 17.5 Å². The van der Waals surface area contributed by atoms with E-state index in [1.165, 1.54) is 26.0 Å². The van der Waals surface area contributed by atoms with Gasteiger partial charge in [-0.15, -0.1) is 0 Å². The van der Waals surface area contributed by atoms with Crippen molar-refractivity contribution in [3.8, 4) is 11.5 Å². The number of esters is 2. The summed E-state index contributed by atoms with van der Waals surface area (Å²) in [5, 5.41) is 14.7. The predicted octanol–water partition coefficient (Wildman–Crippen LogP) is 4.27. The molecule has 0 bridgehead atoms. The third kappa shape index (κ3) is 3.63. The smallest absolute Gasteiger partial charge is 0.308 e. The maximum atomic E-state index is 11.7. The van der Waals surface area contributed by atoms with Crippen LogP contribution in [0.15, 0.2) is 48.6 Å². The Balaban J connectivity index is 1.76. The minimum absolute atomic E-state index is 0.00414. The molecule has 1 heterocycles. The van der Waals surface area contributed by atoms with Gasteiger partial charge >= 0.3 is 11.9 Å². The summed E-state index contributed by atoms with van der Waals surface area (Å²) in [5.41, 5.74) is 2.49. The number of fused-ring (bicyclic) bond motifs is 3. The molecule has 2 aliphatic rings. The average molecular weight is 408 g/mol. The maximum absolute atomic E-state index is 11.7. The van der Waals surface area contributed by atoms with E-state index in [4.69, 9.17) is 9.47 Å². The summed E-state index contributed by atoms with van der Waals surface area (Å²) in [6.45, 7) is 2.61. The Morgan fingerprint density at radius 1 is 1.07 bits per heavy atom. The first kappa shape index (κ1) is 19.6. The van der Waals surface area contributed by atoms with Gasteiger partial charge in [0.05, 0.1) is 11.0 Å². The lowest BCUT2D eigenvalue weighted by molar-refractivity contribution is -0.384. The molecule has 0 fully saturated rings. The van der Waals surface area contributed by atoms with Gasteiger partial charge in [-0.2, -0.15) is 0 Å². The molecule has 0 amide bonds. The van der Waals surface area contributed by atoms with E-state index >= 15 is 0 Å². The van der Waals surface area contributed by atoms with Gasteiger partial charge in [0.1, 0.15) is 11.5 Å². The fraction of sp³-hybridized carbons (Fsp3) is 0.273. The Morgan fingerprint density at radius 2 is 1.83 bits per heavy atom. The normalized spacial score (nSPS) is 21.2. The first-order valence-corrected chi connectivity index (χ1v) is 9.56. The van der Waals surface area contributed by atoms with Crippen LogP contribution in [-0.2, 0) is 9.59 Å². The molecule has 0 aromatic heterocycles. The van der Waals surface area contributed by atoms with Gasteiger partial charge in [-0.3, -0.25) is 19.7 Å². The van der Waals surface area contributed by atoms with Crippen molar-refractivity contribution in [3.63, 3.8) is 0 Å². The molecule has 30 heavy (non-hydrogen) atoms. The minimum atomic E-state index is -0.482. The van der Waals surface area contributed by atoms with Crippen molar-refractivity contribution in [2.45, 2.75) is 32.2 Å². The summed E-state index contributed by atoms with van der Waals surface area (Å²) in [5.74, 6) is -0.255. The molecule has 4 rings (SSSR count). The van der Waals surface area contributed by atoms with E-state index in [0.29, 0.717) is 5.75 Å². The van der Waals surface area contributed by atoms with Gasteiger partial charge in [-0.1, -0.05) is 12.2 Å². The SMILES string of the molecule is CC(=O)Oc1ccc([C@H]2Nc3ccc([N+](=O)[O-])cc3[C@@H]3C=CC[C@@H]23)c(OC(C)=O)c1. The number of hydrogen-bond acceptors (Lipinski definition) is 7. The molecule has 3 atom stereocenters. The molecule has 8 heteroatoms. The lowest BCUT2D eigenvalue weighted by Gasteiger charge is -2.37. The van der Waals surface area contributed by atoms with Gasteiger partial charge in [0.25, 0.3) is 5.69 Å². The number of nitrogens with one attached hydrogen (secondary N) is 1. The average Bonchev–Trinajstić information content (AvgIpc) is 3.16. The van der Waals surface area contributed by atoms with Crippen LogP contribution in [0, 0.1) is 16.0 Å².